The third-order valence-corrected chi connectivity index (χ3v) is 5.85. The zero-order valence-electron chi connectivity index (χ0n) is 17.8. The summed E-state index contributed by atoms with van der Waals surface area (Å²) in [7, 11) is 0. The zero-order chi connectivity index (χ0) is 22.2. The van der Waals surface area contributed by atoms with Crippen LogP contribution in [0.3, 0.4) is 0 Å². The number of rotatable bonds is 5. The Labute approximate surface area is 189 Å². The average Bonchev–Trinajstić information content (AvgIpc) is 3.40. The van der Waals surface area contributed by atoms with Gasteiger partial charge in [-0.1, -0.05) is 5.16 Å². The van der Waals surface area contributed by atoms with E-state index < -0.39 is 0 Å². The summed E-state index contributed by atoms with van der Waals surface area (Å²) in [5.74, 6) is 2.91. The van der Waals surface area contributed by atoms with Gasteiger partial charge in [0.05, 0.1) is 5.56 Å². The second-order valence-electron chi connectivity index (χ2n) is 8.13. The molecule has 33 heavy (non-hydrogen) atoms. The molecule has 0 radical (unpaired) electrons. The number of pyridine rings is 1. The third-order valence-electron chi connectivity index (χ3n) is 5.85. The van der Waals surface area contributed by atoms with Gasteiger partial charge in [0.15, 0.2) is 5.82 Å². The van der Waals surface area contributed by atoms with Crippen LogP contribution in [0, 0.1) is 0 Å². The molecule has 5 heterocycles. The van der Waals surface area contributed by atoms with E-state index in [4.69, 9.17) is 4.52 Å². The zero-order valence-corrected chi connectivity index (χ0v) is 17.8. The van der Waals surface area contributed by atoms with Crippen molar-refractivity contribution in [1.29, 1.82) is 0 Å². The maximum atomic E-state index is 12.9. The van der Waals surface area contributed by atoms with Crippen LogP contribution in [0.25, 0.3) is 17.3 Å². The van der Waals surface area contributed by atoms with Crippen molar-refractivity contribution in [1.82, 2.24) is 39.5 Å². The molecular weight excluding hydrogens is 422 g/mol. The molecule has 2 fully saturated rings. The molecule has 0 aromatic carbocycles. The van der Waals surface area contributed by atoms with Crippen LogP contribution in [-0.4, -0.2) is 71.6 Å². The first-order valence-corrected chi connectivity index (χ1v) is 10.9. The lowest BCUT2D eigenvalue weighted by Crippen LogP contribution is -2.49. The molecular formula is C22H21N9O2. The van der Waals surface area contributed by atoms with Gasteiger partial charge in [-0.05, 0) is 31.0 Å². The third kappa shape index (κ3) is 3.93. The van der Waals surface area contributed by atoms with Crippen LogP contribution in [-0.2, 0) is 0 Å². The SMILES string of the molecule is O=C(c1cn(-c2ccc(-c3nc(C4CC4)no3)cn2)cn1)N1CCN(c2ncccn2)CC1. The molecule has 0 spiro atoms. The van der Waals surface area contributed by atoms with Crippen LogP contribution in [0.2, 0.25) is 0 Å². The molecule has 1 aliphatic heterocycles. The van der Waals surface area contributed by atoms with Crippen molar-refractivity contribution >= 4 is 11.9 Å². The van der Waals surface area contributed by atoms with Gasteiger partial charge in [0, 0.05) is 56.9 Å². The number of anilines is 1. The van der Waals surface area contributed by atoms with Gasteiger partial charge in [-0.25, -0.2) is 19.9 Å². The topological polar surface area (TPSA) is 119 Å². The quantitative estimate of drug-likeness (QED) is 0.456. The smallest absolute Gasteiger partial charge is 0.274 e. The minimum Gasteiger partial charge on any atom is -0.337 e. The molecule has 1 saturated carbocycles. The Bertz CT molecular complexity index is 1260. The van der Waals surface area contributed by atoms with Gasteiger partial charge in [-0.15, -0.1) is 0 Å². The fourth-order valence-electron chi connectivity index (χ4n) is 3.81. The lowest BCUT2D eigenvalue weighted by atomic mass is 10.3. The lowest BCUT2D eigenvalue weighted by Gasteiger charge is -2.34. The van der Waals surface area contributed by atoms with Gasteiger partial charge in [0.2, 0.25) is 5.95 Å². The highest BCUT2D eigenvalue weighted by Gasteiger charge is 2.29. The van der Waals surface area contributed by atoms with E-state index in [0.29, 0.717) is 55.4 Å². The molecule has 0 unspecified atom stereocenters. The van der Waals surface area contributed by atoms with E-state index in [-0.39, 0.29) is 5.91 Å². The molecule has 2 aliphatic rings. The number of hydrogen-bond acceptors (Lipinski definition) is 9. The Balaban J connectivity index is 1.11. The van der Waals surface area contributed by atoms with Crippen molar-refractivity contribution in [2.75, 3.05) is 31.1 Å². The molecule has 11 heteroatoms. The molecule has 0 N–H and O–H groups in total. The van der Waals surface area contributed by atoms with Crippen molar-refractivity contribution in [3.05, 3.63) is 60.8 Å². The Morgan fingerprint density at radius 2 is 1.82 bits per heavy atom. The van der Waals surface area contributed by atoms with Crippen molar-refractivity contribution in [2.24, 2.45) is 0 Å². The second-order valence-corrected chi connectivity index (χ2v) is 8.13. The Hall–Kier alpha value is -4.15. The Morgan fingerprint density at radius 1 is 1.00 bits per heavy atom. The number of carbonyl (C=O) groups is 1. The maximum Gasteiger partial charge on any atom is 0.274 e. The molecule has 1 saturated heterocycles. The normalized spacial score (nSPS) is 16.2. The van der Waals surface area contributed by atoms with E-state index >= 15 is 0 Å². The highest BCUT2D eigenvalue weighted by Crippen LogP contribution is 2.38. The number of carbonyl (C=O) groups excluding carboxylic acids is 1. The first-order valence-electron chi connectivity index (χ1n) is 10.9. The van der Waals surface area contributed by atoms with Gasteiger partial charge in [-0.3, -0.25) is 9.36 Å². The van der Waals surface area contributed by atoms with Gasteiger partial charge in [0.25, 0.3) is 11.8 Å². The van der Waals surface area contributed by atoms with Gasteiger partial charge >= 0.3 is 0 Å². The Morgan fingerprint density at radius 3 is 2.55 bits per heavy atom. The van der Waals surface area contributed by atoms with Crippen molar-refractivity contribution < 1.29 is 9.32 Å². The monoisotopic (exact) mass is 443 g/mol. The Kier molecular flexibility index (Phi) is 4.78. The molecule has 0 bridgehead atoms. The fraction of sp³-hybridized carbons (Fsp3) is 0.318. The van der Waals surface area contributed by atoms with Crippen molar-refractivity contribution in [2.45, 2.75) is 18.8 Å². The summed E-state index contributed by atoms with van der Waals surface area (Å²) >= 11 is 0. The molecule has 1 amide bonds. The van der Waals surface area contributed by atoms with E-state index in [1.165, 1.54) is 0 Å². The van der Waals surface area contributed by atoms with Gasteiger partial charge in [0.1, 0.15) is 17.8 Å². The molecule has 6 rings (SSSR count). The van der Waals surface area contributed by atoms with Crippen LogP contribution in [0.4, 0.5) is 5.95 Å². The van der Waals surface area contributed by atoms with Crippen molar-refractivity contribution in [3.63, 3.8) is 0 Å². The number of imidazole rings is 1. The van der Waals surface area contributed by atoms with E-state index in [9.17, 15) is 4.79 Å². The molecule has 4 aromatic heterocycles. The van der Waals surface area contributed by atoms with E-state index in [0.717, 1.165) is 24.2 Å². The fourth-order valence-corrected chi connectivity index (χ4v) is 3.81. The van der Waals surface area contributed by atoms with Crippen LogP contribution in [0.5, 0.6) is 0 Å². The number of piperazine rings is 1. The predicted molar refractivity (Wildman–Crippen MR) is 117 cm³/mol. The molecule has 1 aliphatic carbocycles. The predicted octanol–water partition coefficient (Wildman–Crippen LogP) is 1.95. The molecule has 11 nitrogen and oxygen atoms in total. The minimum atomic E-state index is -0.0996. The lowest BCUT2D eigenvalue weighted by molar-refractivity contribution is 0.0741. The number of hydrogen-bond donors (Lipinski definition) is 0. The van der Waals surface area contributed by atoms with E-state index in [2.05, 4.69) is 35.0 Å². The van der Waals surface area contributed by atoms with Crippen LogP contribution in [0.1, 0.15) is 35.1 Å². The van der Waals surface area contributed by atoms with Crippen LogP contribution in [0.15, 0.2) is 53.8 Å². The van der Waals surface area contributed by atoms with Gasteiger partial charge in [-0.2, -0.15) is 4.98 Å². The standard InChI is InChI=1S/C22H21N9O2/c32-21(29-8-10-30(11-9-29)22-23-6-1-7-24-22)17-13-31(14-26-17)18-5-4-16(12-25-18)20-27-19(28-33-20)15-2-3-15/h1,4-7,12-15H,2-3,8-11H2. The molecule has 0 atom stereocenters. The van der Waals surface area contributed by atoms with Crippen LogP contribution >= 0.6 is 0 Å². The van der Waals surface area contributed by atoms with Gasteiger partial charge < -0.3 is 14.3 Å². The highest BCUT2D eigenvalue weighted by molar-refractivity contribution is 5.92. The number of aromatic nitrogens is 7. The van der Waals surface area contributed by atoms with E-state index in [1.54, 1.807) is 46.6 Å². The number of nitrogens with zero attached hydrogens (tertiary/aromatic N) is 9. The summed E-state index contributed by atoms with van der Waals surface area (Å²) in [4.78, 5) is 38.6. The summed E-state index contributed by atoms with van der Waals surface area (Å²) in [5.41, 5.74) is 1.14. The summed E-state index contributed by atoms with van der Waals surface area (Å²) in [6, 6.07) is 5.50. The second kappa shape index (κ2) is 8.08. The van der Waals surface area contributed by atoms with Crippen molar-refractivity contribution in [3.8, 4) is 17.3 Å². The van der Waals surface area contributed by atoms with Crippen LogP contribution < -0.4 is 4.90 Å². The van der Waals surface area contributed by atoms with E-state index in [1.807, 2.05) is 12.1 Å². The summed E-state index contributed by atoms with van der Waals surface area (Å²) in [5, 5.41) is 4.04. The highest BCUT2D eigenvalue weighted by atomic mass is 16.5. The largest absolute Gasteiger partial charge is 0.337 e. The summed E-state index contributed by atoms with van der Waals surface area (Å²) < 4.78 is 7.09. The first-order chi connectivity index (χ1) is 16.2. The molecule has 166 valence electrons. The number of amides is 1. The maximum absolute atomic E-state index is 12.9. The average molecular weight is 443 g/mol. The molecule has 4 aromatic rings. The summed E-state index contributed by atoms with van der Waals surface area (Å²) in [6.07, 6.45) is 10.7. The first kappa shape index (κ1) is 19.5. The minimum absolute atomic E-state index is 0.0996. The summed E-state index contributed by atoms with van der Waals surface area (Å²) in [6.45, 7) is 2.53.